The third-order valence-corrected chi connectivity index (χ3v) is 6.15. The number of carbonyl (C=O) groups excluding carboxylic acids is 2. The Morgan fingerprint density at radius 3 is 2.86 bits per heavy atom. The molecule has 2 atom stereocenters. The van der Waals surface area contributed by atoms with Crippen LogP contribution in [0.5, 0.6) is 0 Å². The lowest BCUT2D eigenvalue weighted by atomic mass is 9.83. The largest absolute Gasteiger partial charge is 0.392 e. The fourth-order valence-electron chi connectivity index (χ4n) is 5.03. The van der Waals surface area contributed by atoms with Crippen molar-refractivity contribution in [2.24, 2.45) is 0 Å². The number of amides is 2. The first-order chi connectivity index (χ1) is 13.4. The van der Waals surface area contributed by atoms with Gasteiger partial charge in [-0.3, -0.25) is 24.4 Å². The average molecular weight is 387 g/mol. The lowest BCUT2D eigenvalue weighted by Crippen LogP contribution is -2.78. The average Bonchev–Trinajstić information content (AvgIpc) is 3.01. The van der Waals surface area contributed by atoms with Gasteiger partial charge < -0.3 is 15.3 Å². The number of aliphatic hydroxyl groups is 1. The highest BCUT2D eigenvalue weighted by atomic mass is 16.3. The molecule has 4 heterocycles. The summed E-state index contributed by atoms with van der Waals surface area (Å²) in [6, 6.07) is 4.25. The molecule has 0 bridgehead atoms. The van der Waals surface area contributed by atoms with Crippen molar-refractivity contribution in [3.8, 4) is 0 Å². The molecule has 3 aliphatic rings. The number of nitrogens with one attached hydrogen (secondary N) is 1. The molecule has 0 unspecified atom stereocenters. The molecule has 152 valence electrons. The van der Waals surface area contributed by atoms with Gasteiger partial charge in [0.15, 0.2) is 0 Å². The fraction of sp³-hybridized carbons (Fsp3) is 0.650. The van der Waals surface area contributed by atoms with E-state index in [1.54, 1.807) is 6.20 Å². The first-order valence-electron chi connectivity index (χ1n) is 10.0. The topological polar surface area (TPSA) is 89.0 Å². The maximum atomic E-state index is 12.7. The summed E-state index contributed by atoms with van der Waals surface area (Å²) in [6.45, 7) is 6.53. The molecule has 4 rings (SSSR count). The number of hydrogen-bond donors (Lipinski definition) is 2. The SMILES string of the molecule is CC(=O)NCCC(=O)N1C[C@H]2C[C@@H](O)CN2C2(CN(Cc3cccnc3)C2)C1. The number of aromatic nitrogens is 1. The van der Waals surface area contributed by atoms with Gasteiger partial charge in [0.2, 0.25) is 11.8 Å². The van der Waals surface area contributed by atoms with E-state index in [2.05, 4.69) is 26.2 Å². The van der Waals surface area contributed by atoms with Crippen LogP contribution in [0.25, 0.3) is 0 Å². The molecular formula is C20H29N5O3. The summed E-state index contributed by atoms with van der Waals surface area (Å²) in [5.74, 6) is -0.0297. The van der Waals surface area contributed by atoms with Crippen LogP contribution in [0.3, 0.4) is 0 Å². The van der Waals surface area contributed by atoms with Gasteiger partial charge in [-0.2, -0.15) is 0 Å². The van der Waals surface area contributed by atoms with E-state index in [1.807, 2.05) is 17.2 Å². The van der Waals surface area contributed by atoms with E-state index in [0.717, 1.165) is 26.1 Å². The number of β-amino-alcohol motifs (C(OH)–C–C–N with tert-alkyl or cyclic N) is 1. The predicted octanol–water partition coefficient (Wildman–Crippen LogP) is -0.560. The Labute approximate surface area is 165 Å². The van der Waals surface area contributed by atoms with Gasteiger partial charge in [0, 0.05) is 77.6 Å². The van der Waals surface area contributed by atoms with E-state index in [4.69, 9.17) is 0 Å². The molecule has 1 aromatic heterocycles. The Balaban J connectivity index is 1.40. The van der Waals surface area contributed by atoms with Crippen molar-refractivity contribution in [3.63, 3.8) is 0 Å². The second-order valence-electron chi connectivity index (χ2n) is 8.43. The number of aliphatic hydroxyl groups excluding tert-OH is 1. The van der Waals surface area contributed by atoms with E-state index in [0.29, 0.717) is 32.6 Å². The van der Waals surface area contributed by atoms with Gasteiger partial charge >= 0.3 is 0 Å². The molecule has 2 N–H and O–H groups in total. The quantitative estimate of drug-likeness (QED) is 0.704. The van der Waals surface area contributed by atoms with Crippen LogP contribution in [0.15, 0.2) is 24.5 Å². The van der Waals surface area contributed by atoms with Gasteiger partial charge in [0.1, 0.15) is 0 Å². The third kappa shape index (κ3) is 3.90. The number of hydrogen-bond acceptors (Lipinski definition) is 6. The Bertz CT molecular complexity index is 722. The molecule has 2 amide bonds. The molecule has 3 saturated heterocycles. The van der Waals surface area contributed by atoms with Crippen molar-refractivity contribution in [2.75, 3.05) is 39.3 Å². The van der Waals surface area contributed by atoms with Crippen molar-refractivity contribution in [3.05, 3.63) is 30.1 Å². The van der Waals surface area contributed by atoms with Gasteiger partial charge in [-0.25, -0.2) is 0 Å². The summed E-state index contributed by atoms with van der Waals surface area (Å²) in [7, 11) is 0. The summed E-state index contributed by atoms with van der Waals surface area (Å²) >= 11 is 0. The number of carbonyl (C=O) groups is 2. The van der Waals surface area contributed by atoms with Gasteiger partial charge in [-0.15, -0.1) is 0 Å². The lowest BCUT2D eigenvalue weighted by Gasteiger charge is -2.61. The maximum Gasteiger partial charge on any atom is 0.224 e. The molecule has 3 aliphatic heterocycles. The van der Waals surface area contributed by atoms with Crippen LogP contribution in [0.4, 0.5) is 0 Å². The zero-order valence-electron chi connectivity index (χ0n) is 16.4. The number of piperazine rings is 1. The minimum absolute atomic E-state index is 0.0771. The summed E-state index contributed by atoms with van der Waals surface area (Å²) < 4.78 is 0. The number of fused-ring (bicyclic) bond motifs is 2. The first kappa shape index (κ1) is 19.3. The first-order valence-corrected chi connectivity index (χ1v) is 10.0. The van der Waals surface area contributed by atoms with Gasteiger partial charge in [-0.1, -0.05) is 6.07 Å². The van der Waals surface area contributed by atoms with Crippen LogP contribution in [0.2, 0.25) is 0 Å². The second-order valence-corrected chi connectivity index (χ2v) is 8.43. The van der Waals surface area contributed by atoms with Gasteiger partial charge in [0.05, 0.1) is 11.6 Å². The lowest BCUT2D eigenvalue weighted by molar-refractivity contribution is -0.151. The molecule has 1 aromatic rings. The van der Waals surface area contributed by atoms with E-state index in [-0.39, 0.29) is 29.5 Å². The summed E-state index contributed by atoms with van der Waals surface area (Å²) in [6.07, 6.45) is 4.41. The zero-order chi connectivity index (χ0) is 19.7. The molecule has 0 saturated carbocycles. The minimum atomic E-state index is -0.316. The summed E-state index contributed by atoms with van der Waals surface area (Å²) in [5.41, 5.74) is 1.11. The fourth-order valence-corrected chi connectivity index (χ4v) is 5.03. The van der Waals surface area contributed by atoms with Crippen LogP contribution >= 0.6 is 0 Å². The predicted molar refractivity (Wildman–Crippen MR) is 103 cm³/mol. The molecule has 1 spiro atoms. The Kier molecular flexibility index (Phi) is 5.35. The zero-order valence-corrected chi connectivity index (χ0v) is 16.4. The van der Waals surface area contributed by atoms with Crippen molar-refractivity contribution in [2.45, 2.75) is 44.0 Å². The molecule has 0 aliphatic carbocycles. The number of pyridine rings is 1. The van der Waals surface area contributed by atoms with Crippen LogP contribution in [-0.2, 0) is 16.1 Å². The minimum Gasteiger partial charge on any atom is -0.392 e. The van der Waals surface area contributed by atoms with Gasteiger partial charge in [-0.05, 0) is 18.1 Å². The normalized spacial score (nSPS) is 26.7. The Morgan fingerprint density at radius 1 is 1.32 bits per heavy atom. The van der Waals surface area contributed by atoms with E-state index < -0.39 is 0 Å². The van der Waals surface area contributed by atoms with Gasteiger partial charge in [0.25, 0.3) is 0 Å². The summed E-state index contributed by atoms with van der Waals surface area (Å²) in [5, 5.41) is 12.9. The number of likely N-dealkylation sites (tertiary alicyclic amines) is 1. The standard InChI is InChI=1S/C20H29N5O3/c1-15(26)22-6-4-19(28)24-10-17-7-18(27)11-25(17)20(14-24)12-23(13-20)9-16-3-2-5-21-8-16/h2-3,5,8,17-18,27H,4,6-7,9-14H2,1H3,(H,22,26)/t17-,18-/m1/s1. The Hall–Kier alpha value is -2.03. The van der Waals surface area contributed by atoms with Crippen LogP contribution < -0.4 is 5.32 Å². The monoisotopic (exact) mass is 387 g/mol. The number of nitrogens with zero attached hydrogens (tertiary/aromatic N) is 4. The van der Waals surface area contributed by atoms with E-state index >= 15 is 0 Å². The molecule has 8 heteroatoms. The molecular weight excluding hydrogens is 358 g/mol. The van der Waals surface area contributed by atoms with Crippen molar-refractivity contribution in [1.29, 1.82) is 0 Å². The molecule has 0 radical (unpaired) electrons. The molecule has 0 aromatic carbocycles. The van der Waals surface area contributed by atoms with Crippen molar-refractivity contribution < 1.29 is 14.7 Å². The van der Waals surface area contributed by atoms with Crippen molar-refractivity contribution in [1.82, 2.24) is 25.0 Å². The maximum absolute atomic E-state index is 12.7. The number of rotatable bonds is 5. The third-order valence-electron chi connectivity index (χ3n) is 6.15. The van der Waals surface area contributed by atoms with E-state index in [9.17, 15) is 14.7 Å². The highest BCUT2D eigenvalue weighted by molar-refractivity contribution is 5.78. The Morgan fingerprint density at radius 2 is 2.14 bits per heavy atom. The second kappa shape index (κ2) is 7.77. The van der Waals surface area contributed by atoms with Crippen LogP contribution in [0, 0.1) is 0 Å². The summed E-state index contributed by atoms with van der Waals surface area (Å²) in [4.78, 5) is 34.7. The smallest absolute Gasteiger partial charge is 0.224 e. The molecule has 3 fully saturated rings. The molecule has 28 heavy (non-hydrogen) atoms. The molecule has 8 nitrogen and oxygen atoms in total. The van der Waals surface area contributed by atoms with Crippen LogP contribution in [-0.4, -0.2) is 93.6 Å². The highest BCUT2D eigenvalue weighted by Crippen LogP contribution is 2.39. The van der Waals surface area contributed by atoms with Crippen molar-refractivity contribution >= 4 is 11.8 Å². The van der Waals surface area contributed by atoms with Crippen LogP contribution in [0.1, 0.15) is 25.3 Å². The van der Waals surface area contributed by atoms with E-state index in [1.165, 1.54) is 12.5 Å². The highest BCUT2D eigenvalue weighted by Gasteiger charge is 2.56.